The van der Waals surface area contributed by atoms with Gasteiger partial charge in [0.1, 0.15) is 13.2 Å². The Morgan fingerprint density at radius 3 is 1.85 bits per heavy atom. The number of phosphoric acid groups is 1. The Labute approximate surface area is 289 Å². The second-order valence-corrected chi connectivity index (χ2v) is 15.0. The first-order valence-corrected chi connectivity index (χ1v) is 19.9. The van der Waals surface area contributed by atoms with E-state index in [1.54, 1.807) is 6.08 Å². The molecule has 0 aliphatic heterocycles. The zero-order chi connectivity index (χ0) is 35.1. The summed E-state index contributed by atoms with van der Waals surface area (Å²) in [5.74, 6) is -0.227. The Morgan fingerprint density at radius 2 is 1.28 bits per heavy atom. The Morgan fingerprint density at radius 1 is 0.766 bits per heavy atom. The molecule has 2 N–H and O–H groups in total. The highest BCUT2D eigenvalue weighted by atomic mass is 31.2. The number of hydrogen-bond donors (Lipinski definition) is 2. The van der Waals surface area contributed by atoms with Gasteiger partial charge in [-0.25, -0.2) is 0 Å². The van der Waals surface area contributed by atoms with Crippen molar-refractivity contribution in [3.8, 4) is 0 Å². The Hall–Kier alpha value is -1.54. The van der Waals surface area contributed by atoms with Crippen LogP contribution >= 0.6 is 7.82 Å². The molecule has 0 aromatic heterocycles. The number of likely N-dealkylation sites (N-methyl/N-ethyl adjacent to an activating group) is 1. The van der Waals surface area contributed by atoms with Crippen molar-refractivity contribution in [2.45, 2.75) is 148 Å². The summed E-state index contributed by atoms with van der Waals surface area (Å²) in [7, 11) is 1.22. The van der Waals surface area contributed by atoms with Crippen LogP contribution < -0.4 is 10.2 Å². The largest absolute Gasteiger partial charge is 0.756 e. The first-order chi connectivity index (χ1) is 22.5. The van der Waals surface area contributed by atoms with E-state index >= 15 is 0 Å². The van der Waals surface area contributed by atoms with Crippen molar-refractivity contribution in [1.29, 1.82) is 0 Å². The Balaban J connectivity index is 4.52. The fourth-order valence-corrected chi connectivity index (χ4v) is 5.55. The molecular formula is C38H71N2O6P. The third-order valence-corrected chi connectivity index (χ3v) is 8.80. The van der Waals surface area contributed by atoms with Gasteiger partial charge in [-0.15, -0.1) is 0 Å². The van der Waals surface area contributed by atoms with Crippen molar-refractivity contribution >= 4 is 13.7 Å². The summed E-state index contributed by atoms with van der Waals surface area (Å²) >= 11 is 0. The topological polar surface area (TPSA) is 108 Å². The highest BCUT2D eigenvalue weighted by molar-refractivity contribution is 7.45. The van der Waals surface area contributed by atoms with Gasteiger partial charge in [-0.05, 0) is 64.7 Å². The van der Waals surface area contributed by atoms with Crippen LogP contribution in [0.2, 0.25) is 0 Å². The number of amides is 1. The molecule has 0 saturated heterocycles. The molecule has 0 aromatic carbocycles. The van der Waals surface area contributed by atoms with Gasteiger partial charge >= 0.3 is 0 Å². The van der Waals surface area contributed by atoms with Gasteiger partial charge in [-0.3, -0.25) is 9.36 Å². The predicted octanol–water partition coefficient (Wildman–Crippen LogP) is 8.72. The molecule has 0 radical (unpaired) electrons. The zero-order valence-corrected chi connectivity index (χ0v) is 31.6. The molecule has 274 valence electrons. The average molecular weight is 683 g/mol. The average Bonchev–Trinajstić information content (AvgIpc) is 3.01. The van der Waals surface area contributed by atoms with Crippen LogP contribution in [0.15, 0.2) is 48.6 Å². The maximum absolute atomic E-state index is 12.7. The van der Waals surface area contributed by atoms with E-state index in [0.29, 0.717) is 17.4 Å². The molecule has 1 amide bonds. The zero-order valence-electron chi connectivity index (χ0n) is 30.7. The van der Waals surface area contributed by atoms with Gasteiger partial charge in [0.05, 0.1) is 39.9 Å². The summed E-state index contributed by atoms with van der Waals surface area (Å²) in [4.78, 5) is 25.1. The van der Waals surface area contributed by atoms with Crippen LogP contribution in [-0.2, 0) is 18.4 Å². The van der Waals surface area contributed by atoms with Crippen LogP contribution in [0.5, 0.6) is 0 Å². The molecule has 3 unspecified atom stereocenters. The monoisotopic (exact) mass is 683 g/mol. The lowest BCUT2D eigenvalue weighted by Gasteiger charge is -2.29. The molecular weight excluding hydrogens is 611 g/mol. The van der Waals surface area contributed by atoms with E-state index in [9.17, 15) is 19.4 Å². The number of aliphatic hydroxyl groups is 1. The van der Waals surface area contributed by atoms with Crippen molar-refractivity contribution in [3.63, 3.8) is 0 Å². The van der Waals surface area contributed by atoms with Gasteiger partial charge in [0.15, 0.2) is 0 Å². The number of allylic oxidation sites excluding steroid dienone is 7. The molecule has 0 aliphatic rings. The maximum Gasteiger partial charge on any atom is 0.268 e. The lowest BCUT2D eigenvalue weighted by atomic mass is 10.1. The van der Waals surface area contributed by atoms with Gasteiger partial charge < -0.3 is 28.8 Å². The number of rotatable bonds is 32. The van der Waals surface area contributed by atoms with E-state index in [1.165, 1.54) is 51.4 Å². The first-order valence-electron chi connectivity index (χ1n) is 18.5. The van der Waals surface area contributed by atoms with Gasteiger partial charge in [0, 0.05) is 6.42 Å². The summed E-state index contributed by atoms with van der Waals surface area (Å²) in [6.45, 7) is 4.34. The number of aliphatic hydroxyl groups excluding tert-OH is 1. The number of unbranched alkanes of at least 4 members (excludes halogenated alkanes) is 14. The summed E-state index contributed by atoms with van der Waals surface area (Å²) in [6.07, 6.45) is 36.1. The Bertz CT molecular complexity index is 912. The van der Waals surface area contributed by atoms with E-state index in [-0.39, 0.29) is 12.5 Å². The molecule has 0 saturated carbocycles. The number of phosphoric ester groups is 1. The maximum atomic E-state index is 12.7. The lowest BCUT2D eigenvalue weighted by Crippen LogP contribution is -2.45. The molecule has 0 heterocycles. The van der Waals surface area contributed by atoms with E-state index in [0.717, 1.165) is 64.2 Å². The van der Waals surface area contributed by atoms with E-state index in [2.05, 4.69) is 42.6 Å². The van der Waals surface area contributed by atoms with Crippen LogP contribution in [0.4, 0.5) is 0 Å². The number of carbonyl (C=O) groups is 1. The number of hydrogen-bond acceptors (Lipinski definition) is 6. The van der Waals surface area contributed by atoms with E-state index in [4.69, 9.17) is 9.05 Å². The summed E-state index contributed by atoms with van der Waals surface area (Å²) < 4.78 is 23.0. The van der Waals surface area contributed by atoms with Gasteiger partial charge in [0.25, 0.3) is 7.82 Å². The van der Waals surface area contributed by atoms with E-state index < -0.39 is 26.6 Å². The standard InChI is InChI=1S/C38H71N2O6P/c1-6-8-10-12-14-16-17-18-19-20-21-22-24-26-28-30-32-38(42)39-36(35-46-47(43,44)45-34-33-40(3,4)5)37(41)31-29-27-25-23-15-13-11-9-7-2/h7,9,15,19-20,23,29,31,36-37,41H,6,8,10-14,16-18,21-22,24-28,30,32-35H2,1-5H3,(H-,39,42,43,44)/b9-7+,20-19-,23-15+,31-29+. The highest BCUT2D eigenvalue weighted by Crippen LogP contribution is 2.38. The molecule has 47 heavy (non-hydrogen) atoms. The van der Waals surface area contributed by atoms with Crippen molar-refractivity contribution < 1.29 is 32.9 Å². The molecule has 9 heteroatoms. The molecule has 0 spiro atoms. The molecule has 0 bridgehead atoms. The number of nitrogens with one attached hydrogen (secondary N) is 1. The molecule has 0 fully saturated rings. The normalized spacial score (nSPS) is 15.3. The summed E-state index contributed by atoms with van der Waals surface area (Å²) in [5.41, 5.74) is 0. The van der Waals surface area contributed by atoms with Gasteiger partial charge in [-0.2, -0.15) is 0 Å². The number of nitrogens with zero attached hydrogens (tertiary/aromatic N) is 1. The fraction of sp³-hybridized carbons (Fsp3) is 0.763. The first kappa shape index (κ1) is 45.5. The van der Waals surface area contributed by atoms with Gasteiger partial charge in [-0.1, -0.05) is 113 Å². The van der Waals surface area contributed by atoms with Crippen LogP contribution in [0.25, 0.3) is 0 Å². The predicted molar refractivity (Wildman–Crippen MR) is 196 cm³/mol. The van der Waals surface area contributed by atoms with E-state index in [1.807, 2.05) is 40.2 Å². The van der Waals surface area contributed by atoms with Crippen LogP contribution in [0.3, 0.4) is 0 Å². The number of quaternary nitrogens is 1. The van der Waals surface area contributed by atoms with Crippen molar-refractivity contribution in [1.82, 2.24) is 5.32 Å². The molecule has 8 nitrogen and oxygen atoms in total. The SMILES string of the molecule is C/C=C/CC/C=C/CC/C=C/C(O)C(COP(=O)([O-])OCC[N+](C)(C)C)NC(=O)CCCCCCC/C=C\CCCCCCCCC. The second kappa shape index (κ2) is 30.5. The quantitative estimate of drug-likeness (QED) is 0.0318. The third kappa shape index (κ3) is 32.8. The van der Waals surface area contributed by atoms with Crippen LogP contribution in [0, 0.1) is 0 Å². The molecule has 0 rings (SSSR count). The molecule has 3 atom stereocenters. The minimum atomic E-state index is -4.59. The van der Waals surface area contributed by atoms with Crippen molar-refractivity contribution in [3.05, 3.63) is 48.6 Å². The summed E-state index contributed by atoms with van der Waals surface area (Å²) in [5, 5.41) is 13.6. The minimum absolute atomic E-state index is 0.0124. The van der Waals surface area contributed by atoms with Crippen LogP contribution in [-0.4, -0.2) is 68.5 Å². The highest BCUT2D eigenvalue weighted by Gasteiger charge is 2.23. The molecule has 0 aliphatic carbocycles. The fourth-order valence-electron chi connectivity index (χ4n) is 4.83. The number of carbonyl (C=O) groups excluding carboxylic acids is 1. The lowest BCUT2D eigenvalue weighted by molar-refractivity contribution is -0.870. The van der Waals surface area contributed by atoms with Crippen molar-refractivity contribution in [2.24, 2.45) is 0 Å². The van der Waals surface area contributed by atoms with Crippen LogP contribution in [0.1, 0.15) is 136 Å². The van der Waals surface area contributed by atoms with Gasteiger partial charge in [0.2, 0.25) is 5.91 Å². The minimum Gasteiger partial charge on any atom is -0.756 e. The van der Waals surface area contributed by atoms with Crippen molar-refractivity contribution in [2.75, 3.05) is 40.9 Å². The molecule has 0 aromatic rings. The summed E-state index contributed by atoms with van der Waals surface area (Å²) in [6, 6.07) is -0.910. The third-order valence-electron chi connectivity index (χ3n) is 7.83. The second-order valence-electron chi connectivity index (χ2n) is 13.6. The smallest absolute Gasteiger partial charge is 0.268 e. The Kier molecular flexibility index (Phi) is 29.5.